The van der Waals surface area contributed by atoms with Crippen molar-refractivity contribution >= 4 is 34.7 Å². The zero-order valence-corrected chi connectivity index (χ0v) is 17.9. The Hall–Kier alpha value is -1.53. The number of hydrogen-bond acceptors (Lipinski definition) is 5. The Bertz CT molecular complexity index is 851. The first-order chi connectivity index (χ1) is 13.2. The number of likely N-dealkylation sites (N-methyl/N-ethyl adjacent to an activating group) is 1. The van der Waals surface area contributed by atoms with Crippen molar-refractivity contribution in [3.05, 3.63) is 59.1 Å². The zero-order valence-electron chi connectivity index (χ0n) is 15.5. The second-order valence-corrected chi connectivity index (χ2v) is 8.26. The Labute approximate surface area is 174 Å². The maximum atomic E-state index is 6.37. The first kappa shape index (κ1) is 20.2. The molecule has 3 rings (SSSR count). The smallest absolute Gasteiger partial charge is 0.130 e. The van der Waals surface area contributed by atoms with Gasteiger partial charge in [-0.3, -0.25) is 0 Å². The van der Waals surface area contributed by atoms with Gasteiger partial charge in [-0.25, -0.2) is 4.98 Å². The summed E-state index contributed by atoms with van der Waals surface area (Å²) >= 11 is 9.64. The van der Waals surface area contributed by atoms with Gasteiger partial charge in [0, 0.05) is 27.9 Å². The van der Waals surface area contributed by atoms with E-state index in [2.05, 4.69) is 29.8 Å². The predicted octanol–water partition coefficient (Wildman–Crippen LogP) is 6.34. The molecule has 1 aromatic heterocycles. The number of rotatable bonds is 9. The topological polar surface area (TPSA) is 25.4 Å². The minimum Gasteiger partial charge on any atom is -0.491 e. The quantitative estimate of drug-likeness (QED) is 0.405. The fourth-order valence-electron chi connectivity index (χ4n) is 2.74. The van der Waals surface area contributed by atoms with Crippen LogP contribution in [0.4, 0.5) is 0 Å². The fourth-order valence-corrected chi connectivity index (χ4v) is 4.76. The van der Waals surface area contributed by atoms with Gasteiger partial charge in [0.2, 0.25) is 0 Å². The molecule has 142 valence electrons. The molecule has 0 spiro atoms. The van der Waals surface area contributed by atoms with Crippen molar-refractivity contribution in [1.29, 1.82) is 0 Å². The molecule has 0 aliphatic heterocycles. The molecule has 0 amide bonds. The van der Waals surface area contributed by atoms with Crippen LogP contribution in [0, 0.1) is 0 Å². The van der Waals surface area contributed by atoms with Gasteiger partial charge >= 0.3 is 0 Å². The molecule has 6 heteroatoms. The number of aromatic nitrogens is 1. The molecule has 1 heterocycles. The van der Waals surface area contributed by atoms with Crippen LogP contribution in [0.15, 0.2) is 63.8 Å². The summed E-state index contributed by atoms with van der Waals surface area (Å²) < 4.78 is 6.18. The van der Waals surface area contributed by atoms with Crippen LogP contribution >= 0.6 is 34.7 Å². The molecule has 0 atom stereocenters. The molecule has 0 unspecified atom stereocenters. The van der Waals surface area contributed by atoms with Crippen LogP contribution in [0.2, 0.25) is 5.02 Å². The first-order valence-corrected chi connectivity index (χ1v) is 11.1. The Kier molecular flexibility index (Phi) is 7.59. The van der Waals surface area contributed by atoms with Crippen molar-refractivity contribution < 1.29 is 4.74 Å². The number of ether oxygens (including phenoxy) is 1. The number of halogens is 1. The van der Waals surface area contributed by atoms with Gasteiger partial charge in [0.25, 0.3) is 0 Å². The highest BCUT2D eigenvalue weighted by Gasteiger charge is 2.16. The van der Waals surface area contributed by atoms with E-state index in [1.807, 2.05) is 48.0 Å². The minimum atomic E-state index is 0.653. The van der Waals surface area contributed by atoms with Crippen LogP contribution < -0.4 is 4.74 Å². The standard InChI is InChI=1S/C21H23ClN2OS2/c1-3-24(4-2)13-14-25-17-9-7-11-19(20(17)21-23-12-15-26-21)27-18-10-6-5-8-16(18)22/h5-12,15H,3-4,13-14H2,1-2H3. The molecule has 0 bridgehead atoms. The van der Waals surface area contributed by atoms with Crippen molar-refractivity contribution in [2.24, 2.45) is 0 Å². The number of thiazole rings is 1. The Morgan fingerprint density at radius 2 is 1.85 bits per heavy atom. The molecule has 0 saturated heterocycles. The highest BCUT2D eigenvalue weighted by molar-refractivity contribution is 7.99. The molecule has 0 radical (unpaired) electrons. The van der Waals surface area contributed by atoms with E-state index in [1.54, 1.807) is 23.1 Å². The average molecular weight is 419 g/mol. The van der Waals surface area contributed by atoms with Gasteiger partial charge in [-0.15, -0.1) is 11.3 Å². The van der Waals surface area contributed by atoms with E-state index in [4.69, 9.17) is 16.3 Å². The maximum Gasteiger partial charge on any atom is 0.130 e. The van der Waals surface area contributed by atoms with Gasteiger partial charge in [-0.05, 0) is 37.4 Å². The van der Waals surface area contributed by atoms with Gasteiger partial charge in [0.1, 0.15) is 17.4 Å². The maximum absolute atomic E-state index is 6.37. The lowest BCUT2D eigenvalue weighted by Crippen LogP contribution is -2.28. The monoisotopic (exact) mass is 418 g/mol. The van der Waals surface area contributed by atoms with Crippen molar-refractivity contribution in [3.8, 4) is 16.3 Å². The van der Waals surface area contributed by atoms with Gasteiger partial charge < -0.3 is 9.64 Å². The van der Waals surface area contributed by atoms with Crippen LogP contribution in [0.25, 0.3) is 10.6 Å². The number of benzene rings is 2. The van der Waals surface area contributed by atoms with Crippen LogP contribution in [0.1, 0.15) is 13.8 Å². The lowest BCUT2D eigenvalue weighted by Gasteiger charge is -2.19. The van der Waals surface area contributed by atoms with Crippen LogP contribution in [0.5, 0.6) is 5.75 Å². The molecular weight excluding hydrogens is 396 g/mol. The summed E-state index contributed by atoms with van der Waals surface area (Å²) in [5, 5.41) is 3.70. The average Bonchev–Trinajstić information content (AvgIpc) is 3.21. The summed E-state index contributed by atoms with van der Waals surface area (Å²) in [7, 11) is 0. The summed E-state index contributed by atoms with van der Waals surface area (Å²) in [5.41, 5.74) is 1.04. The highest BCUT2D eigenvalue weighted by atomic mass is 35.5. The summed E-state index contributed by atoms with van der Waals surface area (Å²) in [5.74, 6) is 0.870. The van der Waals surface area contributed by atoms with E-state index in [0.717, 1.165) is 50.8 Å². The lowest BCUT2D eigenvalue weighted by molar-refractivity contribution is 0.223. The third kappa shape index (κ3) is 5.26. The molecule has 3 nitrogen and oxygen atoms in total. The van der Waals surface area contributed by atoms with Crippen LogP contribution in [-0.2, 0) is 0 Å². The zero-order chi connectivity index (χ0) is 19.1. The number of nitrogens with zero attached hydrogens (tertiary/aromatic N) is 2. The van der Waals surface area contributed by atoms with Gasteiger partial charge in [0.05, 0.1) is 10.6 Å². The Balaban J connectivity index is 1.89. The van der Waals surface area contributed by atoms with Crippen molar-refractivity contribution in [3.63, 3.8) is 0 Å². The lowest BCUT2D eigenvalue weighted by atomic mass is 10.2. The van der Waals surface area contributed by atoms with E-state index < -0.39 is 0 Å². The fraction of sp³-hybridized carbons (Fsp3) is 0.286. The van der Waals surface area contributed by atoms with Gasteiger partial charge in [-0.2, -0.15) is 0 Å². The normalized spacial score (nSPS) is 11.1. The molecule has 3 aromatic rings. The van der Waals surface area contributed by atoms with Crippen LogP contribution in [0.3, 0.4) is 0 Å². The predicted molar refractivity (Wildman–Crippen MR) is 116 cm³/mol. The third-order valence-corrected chi connectivity index (χ3v) is 6.62. The molecule has 27 heavy (non-hydrogen) atoms. The molecular formula is C21H23ClN2OS2. The summed E-state index contributed by atoms with van der Waals surface area (Å²) in [6.45, 7) is 7.96. The van der Waals surface area contributed by atoms with E-state index >= 15 is 0 Å². The van der Waals surface area contributed by atoms with E-state index in [-0.39, 0.29) is 0 Å². The van der Waals surface area contributed by atoms with E-state index in [9.17, 15) is 0 Å². The Morgan fingerprint density at radius 1 is 1.07 bits per heavy atom. The molecule has 0 aliphatic carbocycles. The molecule has 0 N–H and O–H groups in total. The first-order valence-electron chi connectivity index (χ1n) is 9.03. The molecule has 0 aliphatic rings. The van der Waals surface area contributed by atoms with Crippen molar-refractivity contribution in [2.45, 2.75) is 23.6 Å². The SMILES string of the molecule is CCN(CC)CCOc1cccc(Sc2ccccc2Cl)c1-c1nccs1. The largest absolute Gasteiger partial charge is 0.491 e. The van der Waals surface area contributed by atoms with Crippen LogP contribution in [-0.4, -0.2) is 36.1 Å². The van der Waals surface area contributed by atoms with E-state index in [1.165, 1.54) is 0 Å². The molecule has 2 aromatic carbocycles. The van der Waals surface area contributed by atoms with Gasteiger partial charge in [0.15, 0.2) is 0 Å². The van der Waals surface area contributed by atoms with Crippen molar-refractivity contribution in [1.82, 2.24) is 9.88 Å². The number of hydrogen-bond donors (Lipinski definition) is 0. The minimum absolute atomic E-state index is 0.653. The van der Waals surface area contributed by atoms with E-state index in [0.29, 0.717) is 6.61 Å². The molecule has 0 saturated carbocycles. The summed E-state index contributed by atoms with van der Waals surface area (Å²) in [6, 6.07) is 14.0. The van der Waals surface area contributed by atoms with Crippen molar-refractivity contribution in [2.75, 3.05) is 26.2 Å². The van der Waals surface area contributed by atoms with Gasteiger partial charge in [-0.1, -0.05) is 55.4 Å². The highest BCUT2D eigenvalue weighted by Crippen LogP contribution is 2.43. The third-order valence-electron chi connectivity index (χ3n) is 4.25. The summed E-state index contributed by atoms with van der Waals surface area (Å²) in [6.07, 6.45) is 1.83. The summed E-state index contributed by atoms with van der Waals surface area (Å²) in [4.78, 5) is 9.00. The second kappa shape index (κ2) is 10.1. The molecule has 0 fully saturated rings. The second-order valence-electron chi connectivity index (χ2n) is 5.87. The Morgan fingerprint density at radius 3 is 2.56 bits per heavy atom.